The van der Waals surface area contributed by atoms with Crippen molar-refractivity contribution in [1.82, 2.24) is 19.5 Å². The van der Waals surface area contributed by atoms with Gasteiger partial charge in [-0.05, 0) is 71.0 Å². The fourth-order valence-corrected chi connectivity index (χ4v) is 6.63. The Hall–Kier alpha value is -5.18. The maximum atomic E-state index is 14.7. The maximum absolute atomic E-state index is 14.7. The van der Waals surface area contributed by atoms with Gasteiger partial charge in [-0.3, -0.25) is 19.3 Å². The van der Waals surface area contributed by atoms with E-state index < -0.39 is 22.9 Å². The van der Waals surface area contributed by atoms with Crippen molar-refractivity contribution < 1.29 is 18.7 Å². The second-order valence-electron chi connectivity index (χ2n) is 12.1. The second kappa shape index (κ2) is 12.8. The molecule has 0 radical (unpaired) electrons. The summed E-state index contributed by atoms with van der Waals surface area (Å²) in [5, 5.41) is 12.3. The average molecular weight is 682 g/mol. The van der Waals surface area contributed by atoms with Gasteiger partial charge < -0.3 is 9.47 Å². The molecule has 6 aromatic rings. The Morgan fingerprint density at radius 1 is 1.08 bits per heavy atom. The number of benzene rings is 2. The number of aromatic nitrogens is 4. The van der Waals surface area contributed by atoms with Crippen LogP contribution < -0.4 is 10.3 Å². The van der Waals surface area contributed by atoms with Crippen LogP contribution >= 0.6 is 22.9 Å². The number of esters is 1. The Morgan fingerprint density at radius 2 is 1.85 bits per heavy atom. The molecule has 12 heteroatoms. The molecular weight excluding hydrogens is 653 g/mol. The van der Waals surface area contributed by atoms with Crippen molar-refractivity contribution >= 4 is 50.0 Å². The van der Waals surface area contributed by atoms with E-state index in [-0.39, 0.29) is 40.9 Å². The lowest BCUT2D eigenvalue weighted by atomic mass is 10.0. The Balaban J connectivity index is 1.35. The number of nitrogens with zero attached hydrogens (tertiary/aromatic N) is 5. The zero-order chi connectivity index (χ0) is 34.3. The summed E-state index contributed by atoms with van der Waals surface area (Å²) in [6.07, 6.45) is 1.38. The van der Waals surface area contributed by atoms with E-state index in [0.29, 0.717) is 38.9 Å². The molecule has 0 N–H and O–H groups in total. The summed E-state index contributed by atoms with van der Waals surface area (Å²) in [5.74, 6) is -0.113. The van der Waals surface area contributed by atoms with Gasteiger partial charge in [-0.15, -0.1) is 11.3 Å². The molecule has 6 rings (SSSR count). The highest BCUT2D eigenvalue weighted by Crippen LogP contribution is 2.40. The highest BCUT2D eigenvalue weighted by molar-refractivity contribution is 7.18. The van der Waals surface area contributed by atoms with Crippen LogP contribution in [0.5, 0.6) is 5.75 Å². The Kier molecular flexibility index (Phi) is 8.72. The molecule has 242 valence electrons. The molecule has 0 spiro atoms. The SMILES string of the molecule is Cc1cc(-c2cc(Cl)ccc2OCCn2c(C)nc3cnc(-c4ccccc4F)c(C#N)c3c2=O)c2scc(C(=O)OC(C)(C)C)c2n1. The highest BCUT2D eigenvalue weighted by Gasteiger charge is 2.24. The number of hydrogen-bond donors (Lipinski definition) is 0. The van der Waals surface area contributed by atoms with Crippen molar-refractivity contribution in [3.05, 3.63) is 104 Å². The van der Waals surface area contributed by atoms with Gasteiger partial charge in [-0.25, -0.2) is 14.2 Å². The molecule has 0 aliphatic carbocycles. The summed E-state index contributed by atoms with van der Waals surface area (Å²) in [6, 6.07) is 15.1. The van der Waals surface area contributed by atoms with Crippen LogP contribution in [0.25, 0.3) is 43.5 Å². The van der Waals surface area contributed by atoms with Crippen LogP contribution in [0.4, 0.5) is 4.39 Å². The lowest BCUT2D eigenvalue weighted by molar-refractivity contribution is 0.00721. The van der Waals surface area contributed by atoms with E-state index in [0.717, 1.165) is 10.3 Å². The number of fused-ring (bicyclic) bond motifs is 2. The van der Waals surface area contributed by atoms with Gasteiger partial charge in [0.1, 0.15) is 35.7 Å². The number of carbonyl (C=O) groups is 1. The normalized spacial score (nSPS) is 11.5. The molecule has 0 unspecified atom stereocenters. The molecule has 0 atom stereocenters. The first kappa shape index (κ1) is 32.7. The third-order valence-corrected chi connectivity index (χ3v) is 8.74. The minimum absolute atomic E-state index is 0.0523. The first-order chi connectivity index (χ1) is 22.9. The molecule has 0 aliphatic rings. The number of nitriles is 1. The van der Waals surface area contributed by atoms with Gasteiger partial charge in [0.2, 0.25) is 0 Å². The van der Waals surface area contributed by atoms with Crippen molar-refractivity contribution in [1.29, 1.82) is 5.26 Å². The number of hydrogen-bond acceptors (Lipinski definition) is 9. The number of pyridine rings is 2. The Bertz CT molecular complexity index is 2360. The molecule has 0 aliphatic heterocycles. The standard InChI is InChI=1S/C36H29ClFN5O4S/c1-19-14-24(33-32(41-19)26(18-48-33)35(45)47-36(3,4)5)23-15-21(37)10-11-29(23)46-13-12-43-20(2)42-28-17-40-31(22-8-6-7-9-27(22)38)25(16-39)30(28)34(43)44/h6-11,14-15,17-18H,12-13H2,1-5H3. The number of rotatable bonds is 7. The maximum Gasteiger partial charge on any atom is 0.341 e. The number of thiophene rings is 1. The molecule has 4 aromatic heterocycles. The van der Waals surface area contributed by atoms with E-state index in [4.69, 9.17) is 21.1 Å². The molecule has 9 nitrogen and oxygen atoms in total. The monoisotopic (exact) mass is 681 g/mol. The first-order valence-corrected chi connectivity index (χ1v) is 16.2. The van der Waals surface area contributed by atoms with Crippen LogP contribution in [0.1, 0.15) is 48.2 Å². The van der Waals surface area contributed by atoms with E-state index in [1.807, 2.05) is 39.8 Å². The van der Waals surface area contributed by atoms with Crippen LogP contribution in [0.2, 0.25) is 5.02 Å². The summed E-state index contributed by atoms with van der Waals surface area (Å²) in [4.78, 5) is 40.3. The third-order valence-electron chi connectivity index (χ3n) is 7.51. The smallest absolute Gasteiger partial charge is 0.341 e. The molecule has 4 heterocycles. The topological polar surface area (TPSA) is 120 Å². The zero-order valence-electron chi connectivity index (χ0n) is 26.7. The molecule has 0 bridgehead atoms. The largest absolute Gasteiger partial charge is 0.491 e. The van der Waals surface area contributed by atoms with Gasteiger partial charge in [-0.1, -0.05) is 23.7 Å². The van der Waals surface area contributed by atoms with Crippen molar-refractivity contribution in [2.24, 2.45) is 0 Å². The summed E-state index contributed by atoms with van der Waals surface area (Å²) in [7, 11) is 0. The Labute approximate surface area is 284 Å². The van der Waals surface area contributed by atoms with Gasteiger partial charge in [0.25, 0.3) is 5.56 Å². The number of aryl methyl sites for hydroxylation is 2. The van der Waals surface area contributed by atoms with Crippen molar-refractivity contribution in [2.75, 3.05) is 6.61 Å². The van der Waals surface area contributed by atoms with Gasteiger partial charge in [0.15, 0.2) is 0 Å². The first-order valence-electron chi connectivity index (χ1n) is 15.0. The minimum Gasteiger partial charge on any atom is -0.491 e. The summed E-state index contributed by atoms with van der Waals surface area (Å²) in [5.41, 5.74) is 2.30. The molecule has 2 aromatic carbocycles. The van der Waals surface area contributed by atoms with E-state index in [1.165, 1.54) is 40.3 Å². The lowest BCUT2D eigenvalue weighted by Gasteiger charge is -2.19. The molecule has 0 saturated heterocycles. The third kappa shape index (κ3) is 6.24. The molecule has 0 fully saturated rings. The highest BCUT2D eigenvalue weighted by atomic mass is 35.5. The van der Waals surface area contributed by atoms with Gasteiger partial charge >= 0.3 is 5.97 Å². The van der Waals surface area contributed by atoms with Crippen molar-refractivity contribution in [3.63, 3.8) is 0 Å². The van der Waals surface area contributed by atoms with Crippen LogP contribution in [-0.2, 0) is 11.3 Å². The number of carbonyl (C=O) groups excluding carboxylic acids is 1. The number of ether oxygens (including phenoxy) is 2. The van der Waals surface area contributed by atoms with Crippen LogP contribution in [-0.4, -0.2) is 37.7 Å². The van der Waals surface area contributed by atoms with Crippen LogP contribution in [0.3, 0.4) is 0 Å². The predicted molar refractivity (Wildman–Crippen MR) is 184 cm³/mol. The summed E-state index contributed by atoms with van der Waals surface area (Å²) < 4.78 is 28.7. The summed E-state index contributed by atoms with van der Waals surface area (Å²) in [6.45, 7) is 9.12. The quantitative estimate of drug-likeness (QED) is 0.155. The second-order valence-corrected chi connectivity index (χ2v) is 13.4. The molecule has 0 amide bonds. The van der Waals surface area contributed by atoms with Crippen molar-refractivity contribution in [2.45, 2.75) is 46.8 Å². The Morgan fingerprint density at radius 3 is 2.58 bits per heavy atom. The fraction of sp³-hybridized carbons (Fsp3) is 0.222. The van der Waals surface area contributed by atoms with E-state index in [2.05, 4.69) is 15.0 Å². The van der Waals surface area contributed by atoms with E-state index >= 15 is 0 Å². The fourth-order valence-electron chi connectivity index (χ4n) is 5.45. The number of halogens is 2. The van der Waals surface area contributed by atoms with Gasteiger partial charge in [0.05, 0.1) is 50.7 Å². The zero-order valence-corrected chi connectivity index (χ0v) is 28.3. The molecule has 0 saturated carbocycles. The molecule has 48 heavy (non-hydrogen) atoms. The van der Waals surface area contributed by atoms with Gasteiger partial charge in [0, 0.05) is 32.8 Å². The van der Waals surface area contributed by atoms with E-state index in [1.54, 1.807) is 36.6 Å². The molecular formula is C36H29ClFN5O4S. The predicted octanol–water partition coefficient (Wildman–Crippen LogP) is 8.05. The van der Waals surface area contributed by atoms with Gasteiger partial charge in [-0.2, -0.15) is 5.26 Å². The average Bonchev–Trinajstić information content (AvgIpc) is 3.46. The minimum atomic E-state index is -0.665. The summed E-state index contributed by atoms with van der Waals surface area (Å²) >= 11 is 7.83. The van der Waals surface area contributed by atoms with Crippen LogP contribution in [0, 0.1) is 31.0 Å². The van der Waals surface area contributed by atoms with Crippen molar-refractivity contribution in [3.8, 4) is 34.2 Å². The van der Waals surface area contributed by atoms with E-state index in [9.17, 15) is 19.2 Å². The van der Waals surface area contributed by atoms with Crippen LogP contribution in [0.15, 0.2) is 64.9 Å². The lowest BCUT2D eigenvalue weighted by Crippen LogP contribution is -2.27.